The number of aromatic nitrogens is 1. The highest BCUT2D eigenvalue weighted by molar-refractivity contribution is 7.99. The zero-order chi connectivity index (χ0) is 11.4. The number of hydrogen-bond acceptors (Lipinski definition) is 3. The van der Waals surface area contributed by atoms with E-state index in [0.29, 0.717) is 5.25 Å². The van der Waals surface area contributed by atoms with E-state index in [1.165, 1.54) is 0 Å². The predicted molar refractivity (Wildman–Crippen MR) is 65.6 cm³/mol. The van der Waals surface area contributed by atoms with Gasteiger partial charge in [-0.05, 0) is 25.5 Å². The van der Waals surface area contributed by atoms with E-state index in [9.17, 15) is 0 Å². The van der Waals surface area contributed by atoms with E-state index in [1.807, 2.05) is 19.1 Å². The highest BCUT2D eigenvalue weighted by Gasteiger charge is 2.06. The number of nitrogens with two attached hydrogens (primary N) is 1. The Morgan fingerprint density at radius 3 is 2.80 bits per heavy atom. The minimum Gasteiger partial charge on any atom is -0.384 e. The maximum Gasteiger partial charge on any atom is 0.122 e. The van der Waals surface area contributed by atoms with Crippen molar-refractivity contribution in [3.63, 3.8) is 0 Å². The molecule has 1 unspecified atom stereocenters. The summed E-state index contributed by atoms with van der Waals surface area (Å²) >= 11 is 1.73. The fourth-order valence-electron chi connectivity index (χ4n) is 1.14. The van der Waals surface area contributed by atoms with Gasteiger partial charge in [-0.1, -0.05) is 13.8 Å². The molecule has 4 heteroatoms. The van der Waals surface area contributed by atoms with Gasteiger partial charge in [0.2, 0.25) is 0 Å². The lowest BCUT2D eigenvalue weighted by atomic mass is 10.2. The predicted octanol–water partition coefficient (Wildman–Crippen LogP) is 2.56. The molecule has 0 aliphatic carbocycles. The number of amidine groups is 1. The Hall–Kier alpha value is -1.03. The van der Waals surface area contributed by atoms with Crippen molar-refractivity contribution in [2.24, 2.45) is 5.73 Å². The summed E-state index contributed by atoms with van der Waals surface area (Å²) in [5.74, 6) is 0.103. The number of pyridine rings is 1. The average Bonchev–Trinajstić information content (AvgIpc) is 2.16. The number of hydrogen-bond donors (Lipinski definition) is 2. The Morgan fingerprint density at radius 1 is 1.60 bits per heavy atom. The van der Waals surface area contributed by atoms with Crippen molar-refractivity contribution in [3.8, 4) is 0 Å². The molecular weight excluding hydrogens is 206 g/mol. The third-order valence-corrected chi connectivity index (χ3v) is 3.32. The van der Waals surface area contributed by atoms with Crippen LogP contribution < -0.4 is 5.73 Å². The van der Waals surface area contributed by atoms with Crippen LogP contribution in [0.3, 0.4) is 0 Å². The molecule has 0 saturated heterocycles. The Kier molecular flexibility index (Phi) is 4.15. The molecule has 1 rings (SSSR count). The topological polar surface area (TPSA) is 62.8 Å². The third kappa shape index (κ3) is 3.55. The molecule has 1 aromatic rings. The number of nitrogens with zero attached hydrogens (tertiary/aromatic N) is 1. The summed E-state index contributed by atoms with van der Waals surface area (Å²) in [5, 5.41) is 8.89. The normalized spacial score (nSPS) is 12.5. The molecule has 0 spiro atoms. The fourth-order valence-corrected chi connectivity index (χ4v) is 2.11. The quantitative estimate of drug-likeness (QED) is 0.468. The third-order valence-electron chi connectivity index (χ3n) is 2.14. The minimum atomic E-state index is 0.103. The number of thioether (sulfide) groups is 1. The lowest BCUT2D eigenvalue weighted by Crippen LogP contribution is -2.12. The van der Waals surface area contributed by atoms with E-state index in [4.69, 9.17) is 11.1 Å². The molecule has 1 heterocycles. The molecule has 1 atom stereocenters. The molecule has 0 aliphatic rings. The molecule has 0 aromatic carbocycles. The Bertz CT molecular complexity index is 363. The minimum absolute atomic E-state index is 0.103. The molecule has 1 aromatic heterocycles. The first-order valence-corrected chi connectivity index (χ1v) is 5.90. The lowest BCUT2D eigenvalue weighted by molar-refractivity contribution is 0.899. The first-order valence-electron chi connectivity index (χ1n) is 5.02. The van der Waals surface area contributed by atoms with Crippen LogP contribution in [0.15, 0.2) is 17.2 Å². The highest BCUT2D eigenvalue weighted by Crippen LogP contribution is 2.24. The monoisotopic (exact) mass is 223 g/mol. The molecule has 0 aliphatic heterocycles. The van der Waals surface area contributed by atoms with Gasteiger partial charge in [-0.3, -0.25) is 5.41 Å². The second kappa shape index (κ2) is 5.16. The van der Waals surface area contributed by atoms with E-state index in [-0.39, 0.29) is 5.84 Å². The van der Waals surface area contributed by atoms with Crippen LogP contribution in [-0.2, 0) is 0 Å². The molecule has 15 heavy (non-hydrogen) atoms. The van der Waals surface area contributed by atoms with Crippen LogP contribution in [0.2, 0.25) is 0 Å². The molecule has 82 valence electrons. The van der Waals surface area contributed by atoms with Crippen LogP contribution in [0.5, 0.6) is 0 Å². The van der Waals surface area contributed by atoms with Crippen LogP contribution in [-0.4, -0.2) is 16.1 Å². The largest absolute Gasteiger partial charge is 0.384 e. The van der Waals surface area contributed by atoms with Crippen LogP contribution in [0.25, 0.3) is 0 Å². The summed E-state index contributed by atoms with van der Waals surface area (Å²) < 4.78 is 0. The average molecular weight is 223 g/mol. The number of nitrogens with one attached hydrogen (secondary N) is 1. The maximum atomic E-state index is 7.40. The van der Waals surface area contributed by atoms with Crippen molar-refractivity contribution in [1.29, 1.82) is 5.41 Å². The Balaban J connectivity index is 2.93. The number of nitrogen functional groups attached to an aromatic ring is 1. The smallest absolute Gasteiger partial charge is 0.122 e. The van der Waals surface area contributed by atoms with Crippen molar-refractivity contribution in [1.82, 2.24) is 4.98 Å². The van der Waals surface area contributed by atoms with Crippen molar-refractivity contribution in [3.05, 3.63) is 23.4 Å². The first-order chi connectivity index (χ1) is 7.02. The van der Waals surface area contributed by atoms with Gasteiger partial charge in [-0.2, -0.15) is 0 Å². The highest BCUT2D eigenvalue weighted by atomic mass is 32.2. The zero-order valence-electron chi connectivity index (χ0n) is 9.37. The van der Waals surface area contributed by atoms with Crippen LogP contribution in [0.1, 0.15) is 31.5 Å². The Labute approximate surface area is 95.0 Å². The molecule has 0 amide bonds. The van der Waals surface area contributed by atoms with Gasteiger partial charge >= 0.3 is 0 Å². The molecule has 3 N–H and O–H groups in total. The van der Waals surface area contributed by atoms with Crippen LogP contribution in [0, 0.1) is 12.3 Å². The second-order valence-electron chi connectivity index (χ2n) is 3.59. The number of rotatable bonds is 4. The van der Waals surface area contributed by atoms with E-state index < -0.39 is 0 Å². The van der Waals surface area contributed by atoms with Crippen molar-refractivity contribution in [2.75, 3.05) is 0 Å². The van der Waals surface area contributed by atoms with Crippen molar-refractivity contribution >= 4 is 17.6 Å². The van der Waals surface area contributed by atoms with E-state index in [2.05, 4.69) is 18.8 Å². The molecule has 0 bridgehead atoms. The maximum absolute atomic E-state index is 7.40. The van der Waals surface area contributed by atoms with Gasteiger partial charge in [-0.25, -0.2) is 4.98 Å². The summed E-state index contributed by atoms with van der Waals surface area (Å²) in [6.07, 6.45) is 1.11. The van der Waals surface area contributed by atoms with Gasteiger partial charge in [0.25, 0.3) is 0 Å². The van der Waals surface area contributed by atoms with Crippen molar-refractivity contribution in [2.45, 2.75) is 37.5 Å². The standard InChI is InChI=1S/C11H17N3S/c1-4-8(3)15-10-6-9(11(12)13)5-7(2)14-10/h5-6,8H,4H2,1-3H3,(H3,12,13). The lowest BCUT2D eigenvalue weighted by Gasteiger charge is -2.09. The summed E-state index contributed by atoms with van der Waals surface area (Å²) in [4.78, 5) is 4.41. The van der Waals surface area contributed by atoms with E-state index in [1.54, 1.807) is 11.8 Å². The van der Waals surface area contributed by atoms with Crippen LogP contribution in [0.4, 0.5) is 0 Å². The summed E-state index contributed by atoms with van der Waals surface area (Å²) in [6.45, 7) is 6.24. The van der Waals surface area contributed by atoms with E-state index >= 15 is 0 Å². The second-order valence-corrected chi connectivity index (χ2v) is 5.04. The molecule has 3 nitrogen and oxygen atoms in total. The summed E-state index contributed by atoms with van der Waals surface area (Å²) in [5.41, 5.74) is 7.13. The molecule has 0 radical (unpaired) electrons. The summed E-state index contributed by atoms with van der Waals surface area (Å²) in [6, 6.07) is 3.72. The SMILES string of the molecule is CCC(C)Sc1cc(C(=N)N)cc(C)n1. The van der Waals surface area contributed by atoms with Crippen molar-refractivity contribution < 1.29 is 0 Å². The van der Waals surface area contributed by atoms with Gasteiger partial charge < -0.3 is 5.73 Å². The fraction of sp³-hybridized carbons (Fsp3) is 0.455. The van der Waals surface area contributed by atoms with Gasteiger partial charge in [0.15, 0.2) is 0 Å². The Morgan fingerprint density at radius 2 is 2.27 bits per heavy atom. The summed E-state index contributed by atoms with van der Waals surface area (Å²) in [7, 11) is 0. The molecule has 0 saturated carbocycles. The molecule has 0 fully saturated rings. The molecular formula is C11H17N3S. The van der Waals surface area contributed by atoms with Crippen LogP contribution >= 0.6 is 11.8 Å². The van der Waals surface area contributed by atoms with Gasteiger partial charge in [0, 0.05) is 16.5 Å². The van der Waals surface area contributed by atoms with Gasteiger partial charge in [-0.15, -0.1) is 11.8 Å². The van der Waals surface area contributed by atoms with Gasteiger partial charge in [0.05, 0.1) is 5.03 Å². The number of aryl methyl sites for hydroxylation is 1. The van der Waals surface area contributed by atoms with E-state index in [0.717, 1.165) is 22.7 Å². The first kappa shape index (κ1) is 12.0. The van der Waals surface area contributed by atoms with Gasteiger partial charge in [0.1, 0.15) is 5.84 Å². The zero-order valence-corrected chi connectivity index (χ0v) is 10.2.